The summed E-state index contributed by atoms with van der Waals surface area (Å²) >= 11 is 0. The largest absolute Gasteiger partial charge is 0.0642 e. The number of allylic oxidation sites excluding steroid dienone is 6. The van der Waals surface area contributed by atoms with Crippen LogP contribution in [0, 0.1) is 5.41 Å². The summed E-state index contributed by atoms with van der Waals surface area (Å²) < 4.78 is 0. The fraction of sp³-hybridized carbons (Fsp3) is 0.462. The molecule has 0 spiro atoms. The molecule has 1 heteroatoms. The molecule has 2 aliphatic rings. The van der Waals surface area contributed by atoms with Gasteiger partial charge in [-0.3, -0.25) is 0 Å². The van der Waals surface area contributed by atoms with Gasteiger partial charge in [-0.1, -0.05) is 35.1 Å². The lowest BCUT2D eigenvalue weighted by Gasteiger charge is -2.22. The minimum Gasteiger partial charge on any atom is -0.0642 e. The molecule has 0 saturated heterocycles. The first-order valence-corrected chi connectivity index (χ1v) is 6.00. The normalized spacial score (nSPS) is 21.9. The van der Waals surface area contributed by atoms with Gasteiger partial charge in [-0.15, -0.1) is 0 Å². The van der Waals surface area contributed by atoms with Crippen molar-refractivity contribution in [1.82, 2.24) is 0 Å². The maximum Gasteiger partial charge on any atom is 0.00987 e. The summed E-state index contributed by atoms with van der Waals surface area (Å²) in [6.45, 7) is 11.4. The fourth-order valence-corrected chi connectivity index (χ4v) is 3.80. The van der Waals surface area contributed by atoms with Crippen LogP contribution in [0.3, 0.4) is 0 Å². The van der Waals surface area contributed by atoms with E-state index in [0.717, 1.165) is 0 Å². The van der Waals surface area contributed by atoms with Crippen molar-refractivity contribution in [3.63, 3.8) is 0 Å². The summed E-state index contributed by atoms with van der Waals surface area (Å²) in [5.74, 6) is 0. The van der Waals surface area contributed by atoms with Gasteiger partial charge in [-0.2, -0.15) is 0 Å². The second-order valence-electron chi connectivity index (χ2n) is 5.15. The highest BCUT2D eigenvalue weighted by Gasteiger charge is 2.29. The van der Waals surface area contributed by atoms with Gasteiger partial charge >= 0.3 is 0 Å². The molecule has 74 valence electrons. The Labute approximate surface area is 88.2 Å². The Balaban J connectivity index is 2.59. The predicted octanol–water partition coefficient (Wildman–Crippen LogP) is 4.33. The van der Waals surface area contributed by atoms with Gasteiger partial charge in [-0.25, -0.2) is 0 Å². The lowest BCUT2D eigenvalue weighted by molar-refractivity contribution is 0.523. The molecule has 0 saturated carbocycles. The summed E-state index contributed by atoms with van der Waals surface area (Å²) in [6.07, 6.45) is 4.65. The van der Waals surface area contributed by atoms with Crippen LogP contribution in [0.15, 0.2) is 34.2 Å². The summed E-state index contributed by atoms with van der Waals surface area (Å²) in [4.78, 5) is 0. The maximum atomic E-state index is 2.33. The van der Waals surface area contributed by atoms with E-state index in [1.54, 1.807) is 5.57 Å². The first-order chi connectivity index (χ1) is 6.39. The molecule has 1 heterocycles. The van der Waals surface area contributed by atoms with Crippen LogP contribution in [0.25, 0.3) is 0 Å². The Hall–Kier alpha value is -0.610. The van der Waals surface area contributed by atoms with Crippen molar-refractivity contribution in [3.8, 4) is 0 Å². The molecule has 0 unspecified atom stereocenters. The van der Waals surface area contributed by atoms with E-state index in [0.29, 0.717) is 0 Å². The minimum absolute atomic E-state index is 0.281. The van der Waals surface area contributed by atoms with Crippen molar-refractivity contribution in [1.29, 1.82) is 0 Å². The van der Waals surface area contributed by atoms with Crippen molar-refractivity contribution < 1.29 is 0 Å². The van der Waals surface area contributed by atoms with E-state index in [2.05, 4.69) is 46.8 Å². The van der Waals surface area contributed by atoms with Gasteiger partial charge in [0.05, 0.1) is 0 Å². The molecule has 0 aromatic rings. The Morgan fingerprint density at radius 2 is 1.71 bits per heavy atom. The number of hydrogen-bond donors (Lipinski definition) is 0. The van der Waals surface area contributed by atoms with Crippen LogP contribution < -0.4 is 0 Å². The smallest absolute Gasteiger partial charge is 0.00987 e. The van der Waals surface area contributed by atoms with Crippen LogP contribution >= 0.6 is 8.20 Å². The summed E-state index contributed by atoms with van der Waals surface area (Å²) in [5.41, 5.74) is 4.73. The average Bonchev–Trinajstić information content (AvgIpc) is 2.38. The van der Waals surface area contributed by atoms with E-state index in [4.69, 9.17) is 0 Å². The van der Waals surface area contributed by atoms with E-state index in [9.17, 15) is 0 Å². The summed E-state index contributed by atoms with van der Waals surface area (Å²) in [7, 11) is 1.42. The molecule has 1 aliphatic carbocycles. The van der Waals surface area contributed by atoms with Gasteiger partial charge in [0.1, 0.15) is 0 Å². The van der Waals surface area contributed by atoms with Crippen molar-refractivity contribution in [2.24, 2.45) is 5.41 Å². The van der Waals surface area contributed by atoms with Crippen molar-refractivity contribution in [3.05, 3.63) is 34.2 Å². The van der Waals surface area contributed by atoms with Crippen LogP contribution in [0.2, 0.25) is 0 Å². The van der Waals surface area contributed by atoms with E-state index in [-0.39, 0.29) is 5.41 Å². The molecular formula is C13H17P. The number of hydrogen-bond acceptors (Lipinski definition) is 0. The zero-order chi connectivity index (χ0) is 10.5. The molecule has 0 atom stereocenters. The third-order valence-electron chi connectivity index (χ3n) is 2.68. The molecule has 0 bridgehead atoms. The Morgan fingerprint density at radius 1 is 1.07 bits per heavy atom. The molecule has 0 aromatic carbocycles. The molecular weight excluding hydrogens is 187 g/mol. The first-order valence-electron chi connectivity index (χ1n) is 5.10. The SMILES string of the molecule is CC1=CC2=C(C(C)(C)C)C(C)=PC2=C1. The van der Waals surface area contributed by atoms with Gasteiger partial charge < -0.3 is 0 Å². The second-order valence-corrected chi connectivity index (χ2v) is 6.53. The van der Waals surface area contributed by atoms with Gasteiger partial charge in [0.2, 0.25) is 0 Å². The van der Waals surface area contributed by atoms with Gasteiger partial charge in [0.25, 0.3) is 0 Å². The lowest BCUT2D eigenvalue weighted by Crippen LogP contribution is -2.14. The number of rotatable bonds is 0. The van der Waals surface area contributed by atoms with Crippen molar-refractivity contribution in [2.45, 2.75) is 34.6 Å². The predicted molar refractivity (Wildman–Crippen MR) is 65.9 cm³/mol. The van der Waals surface area contributed by atoms with E-state index in [1.807, 2.05) is 0 Å². The lowest BCUT2D eigenvalue weighted by atomic mass is 9.82. The molecule has 2 rings (SSSR count). The van der Waals surface area contributed by atoms with Gasteiger partial charge in [-0.05, 0) is 47.4 Å². The first kappa shape index (κ1) is 9.93. The Bertz CT molecular complexity index is 409. The third-order valence-corrected chi connectivity index (χ3v) is 3.85. The van der Waals surface area contributed by atoms with Crippen LogP contribution in [-0.4, -0.2) is 5.29 Å². The molecule has 0 aromatic heterocycles. The quantitative estimate of drug-likeness (QED) is 0.515. The third kappa shape index (κ3) is 1.42. The highest BCUT2D eigenvalue weighted by molar-refractivity contribution is 7.47. The second kappa shape index (κ2) is 2.94. The zero-order valence-corrected chi connectivity index (χ0v) is 10.5. The van der Waals surface area contributed by atoms with Crippen LogP contribution in [-0.2, 0) is 0 Å². The van der Waals surface area contributed by atoms with Crippen LogP contribution in [0.4, 0.5) is 0 Å². The van der Waals surface area contributed by atoms with Crippen LogP contribution in [0.5, 0.6) is 0 Å². The maximum absolute atomic E-state index is 2.33. The molecule has 1 aliphatic heterocycles. The van der Waals surface area contributed by atoms with E-state index >= 15 is 0 Å². The van der Waals surface area contributed by atoms with Gasteiger partial charge in [0.15, 0.2) is 0 Å². The van der Waals surface area contributed by atoms with E-state index in [1.165, 1.54) is 30.0 Å². The highest BCUT2D eigenvalue weighted by Crippen LogP contribution is 2.47. The highest BCUT2D eigenvalue weighted by atomic mass is 31.1. The van der Waals surface area contributed by atoms with Gasteiger partial charge in [0, 0.05) is 5.31 Å². The topological polar surface area (TPSA) is 0 Å². The van der Waals surface area contributed by atoms with Crippen molar-refractivity contribution >= 4 is 13.5 Å². The van der Waals surface area contributed by atoms with E-state index < -0.39 is 0 Å². The molecule has 0 N–H and O–H groups in total. The molecule has 0 amide bonds. The van der Waals surface area contributed by atoms with Crippen molar-refractivity contribution in [2.75, 3.05) is 0 Å². The summed E-state index contributed by atoms with van der Waals surface area (Å²) in [5, 5.41) is 3.03. The standard InChI is InChI=1S/C13H17P/c1-8-6-10-11(7-8)14-9(2)12(10)13(3,4)5/h6-7H,1-5H3. The number of fused-ring (bicyclic) bond motifs is 1. The molecule has 0 radical (unpaired) electrons. The Morgan fingerprint density at radius 3 is 2.29 bits per heavy atom. The Kier molecular flexibility index (Phi) is 2.08. The molecule has 0 fully saturated rings. The molecule has 0 nitrogen and oxygen atoms in total. The minimum atomic E-state index is 0.281. The summed E-state index contributed by atoms with van der Waals surface area (Å²) in [6, 6.07) is 0. The monoisotopic (exact) mass is 204 g/mol. The average molecular weight is 204 g/mol. The zero-order valence-electron chi connectivity index (χ0n) is 9.60. The fourth-order valence-electron chi connectivity index (χ4n) is 2.31. The molecule has 14 heavy (non-hydrogen) atoms. The van der Waals surface area contributed by atoms with Crippen LogP contribution in [0.1, 0.15) is 34.6 Å².